The lowest BCUT2D eigenvalue weighted by Crippen LogP contribution is -2.46. The first kappa shape index (κ1) is 12.1. The summed E-state index contributed by atoms with van der Waals surface area (Å²) >= 11 is 1.66. The third kappa shape index (κ3) is 3.54. The van der Waals surface area contributed by atoms with Gasteiger partial charge in [0.1, 0.15) is 0 Å². The standard InChI is InChI=1S/C11H15N3O2S/c15-10(16)2-1-4-13-5-7-14(8-6-13)11-12-3-9-17-11/h1-3,9H,4-8H2,(H,15,16). The molecule has 0 atom stereocenters. The molecule has 0 bridgehead atoms. The van der Waals surface area contributed by atoms with E-state index in [1.54, 1.807) is 17.4 Å². The van der Waals surface area contributed by atoms with Crippen molar-refractivity contribution in [2.24, 2.45) is 0 Å². The number of carboxylic acids is 1. The van der Waals surface area contributed by atoms with Gasteiger partial charge in [-0.2, -0.15) is 0 Å². The van der Waals surface area contributed by atoms with E-state index >= 15 is 0 Å². The van der Waals surface area contributed by atoms with E-state index < -0.39 is 5.97 Å². The lowest BCUT2D eigenvalue weighted by atomic mass is 10.3. The highest BCUT2D eigenvalue weighted by molar-refractivity contribution is 7.13. The van der Waals surface area contributed by atoms with Crippen LogP contribution in [0.4, 0.5) is 5.13 Å². The molecule has 0 radical (unpaired) electrons. The maximum absolute atomic E-state index is 10.3. The summed E-state index contributed by atoms with van der Waals surface area (Å²) in [6.07, 6.45) is 4.72. The molecule has 1 N–H and O–H groups in total. The summed E-state index contributed by atoms with van der Waals surface area (Å²) < 4.78 is 0. The Kier molecular flexibility index (Phi) is 4.11. The van der Waals surface area contributed by atoms with E-state index in [0.717, 1.165) is 31.3 Å². The van der Waals surface area contributed by atoms with Gasteiger partial charge in [-0.3, -0.25) is 4.90 Å². The molecule has 92 valence electrons. The zero-order chi connectivity index (χ0) is 12.1. The Bertz CT molecular complexity index is 383. The first-order chi connectivity index (χ1) is 8.25. The predicted molar refractivity (Wildman–Crippen MR) is 67.5 cm³/mol. The number of piperazine rings is 1. The number of thiazole rings is 1. The normalized spacial score (nSPS) is 17.8. The Morgan fingerprint density at radius 1 is 1.47 bits per heavy atom. The van der Waals surface area contributed by atoms with E-state index in [4.69, 9.17) is 5.11 Å². The van der Waals surface area contributed by atoms with Crippen LogP contribution >= 0.6 is 11.3 Å². The van der Waals surface area contributed by atoms with Crippen molar-refractivity contribution in [3.05, 3.63) is 23.7 Å². The number of aromatic nitrogens is 1. The maximum Gasteiger partial charge on any atom is 0.328 e. The van der Waals surface area contributed by atoms with E-state index in [-0.39, 0.29) is 0 Å². The van der Waals surface area contributed by atoms with Gasteiger partial charge in [-0.25, -0.2) is 9.78 Å². The molecule has 2 rings (SSSR count). The van der Waals surface area contributed by atoms with Crippen LogP contribution in [0.15, 0.2) is 23.7 Å². The molecule has 6 heteroatoms. The minimum atomic E-state index is -0.883. The topological polar surface area (TPSA) is 56.7 Å². The summed E-state index contributed by atoms with van der Waals surface area (Å²) in [5.41, 5.74) is 0. The van der Waals surface area contributed by atoms with Crippen molar-refractivity contribution in [2.75, 3.05) is 37.6 Å². The van der Waals surface area contributed by atoms with Crippen LogP contribution < -0.4 is 4.90 Å². The van der Waals surface area contributed by atoms with Crippen molar-refractivity contribution in [3.63, 3.8) is 0 Å². The smallest absolute Gasteiger partial charge is 0.328 e. The molecular weight excluding hydrogens is 238 g/mol. The van der Waals surface area contributed by atoms with Crippen LogP contribution in [0.1, 0.15) is 0 Å². The highest BCUT2D eigenvalue weighted by atomic mass is 32.1. The van der Waals surface area contributed by atoms with Gasteiger partial charge in [-0.05, 0) is 0 Å². The summed E-state index contributed by atoms with van der Waals surface area (Å²) in [6, 6.07) is 0. The molecule has 0 unspecified atom stereocenters. The fraction of sp³-hybridized carbons (Fsp3) is 0.455. The van der Waals surface area contributed by atoms with Crippen molar-refractivity contribution >= 4 is 22.4 Å². The molecule has 0 aliphatic carbocycles. The number of hydrogen-bond donors (Lipinski definition) is 1. The second-order valence-corrected chi connectivity index (χ2v) is 4.72. The van der Waals surface area contributed by atoms with Crippen molar-refractivity contribution in [3.8, 4) is 0 Å². The number of nitrogens with zero attached hydrogens (tertiary/aromatic N) is 3. The largest absolute Gasteiger partial charge is 0.478 e. The van der Waals surface area contributed by atoms with Crippen LogP contribution in [0, 0.1) is 0 Å². The van der Waals surface area contributed by atoms with E-state index in [1.165, 1.54) is 6.08 Å². The molecule has 1 saturated heterocycles. The Labute approximate surface area is 104 Å². The fourth-order valence-electron chi connectivity index (χ4n) is 1.80. The number of aliphatic carboxylic acids is 1. The molecule has 0 aromatic carbocycles. The molecular formula is C11H15N3O2S. The molecule has 1 aliphatic rings. The van der Waals surface area contributed by atoms with Gasteiger partial charge >= 0.3 is 5.97 Å². The summed E-state index contributed by atoms with van der Waals surface area (Å²) in [4.78, 5) is 19.1. The SMILES string of the molecule is O=C(O)C=CCN1CCN(c2nccs2)CC1. The Hall–Kier alpha value is -1.40. The average Bonchev–Trinajstić information content (AvgIpc) is 2.83. The molecule has 1 aliphatic heterocycles. The fourth-order valence-corrected chi connectivity index (χ4v) is 2.49. The third-order valence-corrected chi connectivity index (χ3v) is 3.52. The van der Waals surface area contributed by atoms with Gasteiger partial charge in [0.25, 0.3) is 0 Å². The highest BCUT2D eigenvalue weighted by Gasteiger charge is 2.17. The van der Waals surface area contributed by atoms with Crippen molar-refractivity contribution in [1.82, 2.24) is 9.88 Å². The number of hydrogen-bond acceptors (Lipinski definition) is 5. The van der Waals surface area contributed by atoms with Gasteiger partial charge in [-0.15, -0.1) is 11.3 Å². The molecule has 0 amide bonds. The average molecular weight is 253 g/mol. The number of rotatable bonds is 4. The summed E-state index contributed by atoms with van der Waals surface area (Å²) in [6.45, 7) is 4.51. The van der Waals surface area contributed by atoms with Crippen LogP contribution in [0.25, 0.3) is 0 Å². The highest BCUT2D eigenvalue weighted by Crippen LogP contribution is 2.18. The van der Waals surface area contributed by atoms with Crippen LogP contribution in [-0.4, -0.2) is 53.7 Å². The van der Waals surface area contributed by atoms with E-state index in [9.17, 15) is 4.79 Å². The van der Waals surface area contributed by atoms with Gasteiger partial charge in [0.05, 0.1) is 0 Å². The molecule has 1 aromatic rings. The Balaban J connectivity index is 1.76. The van der Waals surface area contributed by atoms with Crippen LogP contribution in [0.2, 0.25) is 0 Å². The van der Waals surface area contributed by atoms with Crippen molar-refractivity contribution in [2.45, 2.75) is 0 Å². The van der Waals surface area contributed by atoms with Gasteiger partial charge in [0.2, 0.25) is 0 Å². The van der Waals surface area contributed by atoms with Gasteiger partial charge in [-0.1, -0.05) is 6.08 Å². The molecule has 5 nitrogen and oxygen atoms in total. The predicted octanol–water partition coefficient (Wildman–Crippen LogP) is 0.906. The first-order valence-electron chi connectivity index (χ1n) is 5.52. The monoisotopic (exact) mass is 253 g/mol. The molecule has 1 fully saturated rings. The van der Waals surface area contributed by atoms with Crippen molar-refractivity contribution < 1.29 is 9.90 Å². The van der Waals surface area contributed by atoms with Crippen LogP contribution in [0.3, 0.4) is 0 Å². The second-order valence-electron chi connectivity index (χ2n) is 3.84. The summed E-state index contributed by atoms with van der Waals surface area (Å²) in [7, 11) is 0. The van der Waals surface area contributed by atoms with E-state index in [0.29, 0.717) is 6.54 Å². The third-order valence-electron chi connectivity index (χ3n) is 2.69. The van der Waals surface area contributed by atoms with E-state index in [2.05, 4.69) is 14.8 Å². The van der Waals surface area contributed by atoms with Crippen LogP contribution in [-0.2, 0) is 4.79 Å². The quantitative estimate of drug-likeness (QED) is 0.808. The summed E-state index contributed by atoms with van der Waals surface area (Å²) in [5.74, 6) is -0.883. The lowest BCUT2D eigenvalue weighted by Gasteiger charge is -2.33. The maximum atomic E-state index is 10.3. The molecule has 1 aromatic heterocycles. The van der Waals surface area contributed by atoms with E-state index in [1.807, 2.05) is 11.6 Å². The zero-order valence-corrected chi connectivity index (χ0v) is 10.3. The zero-order valence-electron chi connectivity index (χ0n) is 9.45. The minimum Gasteiger partial charge on any atom is -0.478 e. The van der Waals surface area contributed by atoms with Gasteiger partial charge < -0.3 is 10.0 Å². The first-order valence-corrected chi connectivity index (χ1v) is 6.40. The molecule has 17 heavy (non-hydrogen) atoms. The number of anilines is 1. The van der Waals surface area contributed by atoms with Gasteiger partial charge in [0.15, 0.2) is 5.13 Å². The van der Waals surface area contributed by atoms with Crippen LogP contribution in [0.5, 0.6) is 0 Å². The Morgan fingerprint density at radius 3 is 2.82 bits per heavy atom. The molecule has 0 spiro atoms. The minimum absolute atomic E-state index is 0.706. The second kappa shape index (κ2) is 5.79. The number of carbonyl (C=O) groups is 1. The van der Waals surface area contributed by atoms with Crippen molar-refractivity contribution in [1.29, 1.82) is 0 Å². The summed E-state index contributed by atoms with van der Waals surface area (Å²) in [5, 5.41) is 11.5. The number of carboxylic acid groups (broad SMARTS) is 1. The molecule has 2 heterocycles. The molecule has 0 saturated carbocycles. The lowest BCUT2D eigenvalue weighted by molar-refractivity contribution is -0.131. The Morgan fingerprint density at radius 2 is 2.24 bits per heavy atom. The van der Waals surface area contributed by atoms with Gasteiger partial charge in [0, 0.05) is 50.4 Å².